The van der Waals surface area contributed by atoms with Gasteiger partial charge in [0, 0.05) is 23.6 Å². The first-order chi connectivity index (χ1) is 10.5. The summed E-state index contributed by atoms with van der Waals surface area (Å²) in [5.41, 5.74) is 3.59. The van der Waals surface area contributed by atoms with Crippen molar-refractivity contribution in [3.8, 4) is 5.75 Å². The molecule has 1 saturated heterocycles. The average Bonchev–Trinajstić information content (AvgIpc) is 2.49. The second-order valence-electron chi connectivity index (χ2n) is 5.45. The number of nitrogens with zero attached hydrogens (tertiary/aromatic N) is 1. The first-order valence-corrected chi connectivity index (χ1v) is 7.99. The number of hydrazone groups is 1. The van der Waals surface area contributed by atoms with Gasteiger partial charge in [-0.25, -0.2) is 5.43 Å². The van der Waals surface area contributed by atoms with Gasteiger partial charge in [0.05, 0.1) is 25.2 Å². The van der Waals surface area contributed by atoms with Crippen LogP contribution in [0.5, 0.6) is 5.75 Å². The predicted octanol–water partition coefficient (Wildman–Crippen LogP) is 1.54. The molecule has 1 atom stereocenters. The van der Waals surface area contributed by atoms with Crippen LogP contribution in [0.2, 0.25) is 10.0 Å². The van der Waals surface area contributed by atoms with Crippen molar-refractivity contribution in [3.63, 3.8) is 0 Å². The molecule has 0 unspecified atom stereocenters. The first-order valence-electron chi connectivity index (χ1n) is 7.24. The van der Waals surface area contributed by atoms with Crippen molar-refractivity contribution in [1.29, 1.82) is 0 Å². The molecule has 5 nitrogen and oxygen atoms in total. The molecule has 1 aromatic carbocycles. The van der Waals surface area contributed by atoms with Crippen LogP contribution < -0.4 is 15.1 Å². The predicted molar refractivity (Wildman–Crippen MR) is 88.0 cm³/mol. The van der Waals surface area contributed by atoms with E-state index < -0.39 is 6.10 Å². The van der Waals surface area contributed by atoms with E-state index in [-0.39, 0.29) is 5.91 Å². The lowest BCUT2D eigenvalue weighted by molar-refractivity contribution is -0.880. The van der Waals surface area contributed by atoms with Crippen molar-refractivity contribution in [1.82, 2.24) is 5.43 Å². The Kier molecular flexibility index (Phi) is 6.06. The average molecular weight is 345 g/mol. The van der Waals surface area contributed by atoms with Crippen LogP contribution in [0.1, 0.15) is 19.8 Å². The number of ether oxygens (including phenoxy) is 1. The molecule has 1 aliphatic rings. The number of rotatable bonds is 4. The molecule has 1 aromatic rings. The molecule has 2 N–H and O–H groups in total. The van der Waals surface area contributed by atoms with Crippen LogP contribution in [0, 0.1) is 0 Å². The molecular formula is C15H20Cl2N3O2+. The number of halogens is 2. The molecule has 2 rings (SSSR count). The number of hydrogen-bond donors (Lipinski definition) is 2. The minimum Gasteiger partial charge on any atom is -0.479 e. The van der Waals surface area contributed by atoms with Gasteiger partial charge in [0.25, 0.3) is 5.91 Å². The molecule has 1 amide bonds. The highest BCUT2D eigenvalue weighted by Gasteiger charge is 2.18. The van der Waals surface area contributed by atoms with Gasteiger partial charge in [0.2, 0.25) is 0 Å². The Hall–Kier alpha value is -1.30. The van der Waals surface area contributed by atoms with E-state index in [0.717, 1.165) is 31.6 Å². The van der Waals surface area contributed by atoms with E-state index >= 15 is 0 Å². The van der Waals surface area contributed by atoms with E-state index in [1.54, 1.807) is 25.1 Å². The Bertz CT molecular complexity index is 568. The molecule has 0 aliphatic carbocycles. The van der Waals surface area contributed by atoms with Crippen LogP contribution in [0.25, 0.3) is 0 Å². The number of likely N-dealkylation sites (tertiary alicyclic amines) is 1. The lowest BCUT2D eigenvalue weighted by Gasteiger charge is -2.20. The molecule has 1 aliphatic heterocycles. The largest absolute Gasteiger partial charge is 0.479 e. The Labute approximate surface area is 140 Å². The van der Waals surface area contributed by atoms with Crippen LogP contribution in [0.4, 0.5) is 0 Å². The molecule has 7 heteroatoms. The van der Waals surface area contributed by atoms with Crippen LogP contribution >= 0.6 is 23.2 Å². The summed E-state index contributed by atoms with van der Waals surface area (Å²) in [6.45, 7) is 3.74. The fourth-order valence-electron chi connectivity index (χ4n) is 2.12. The molecule has 0 saturated carbocycles. The van der Waals surface area contributed by atoms with Crippen molar-refractivity contribution in [2.24, 2.45) is 5.10 Å². The maximum Gasteiger partial charge on any atom is 0.280 e. The van der Waals surface area contributed by atoms with Gasteiger partial charge in [-0.1, -0.05) is 23.2 Å². The monoisotopic (exact) mass is 344 g/mol. The van der Waals surface area contributed by atoms with Gasteiger partial charge in [-0.15, -0.1) is 0 Å². The zero-order valence-electron chi connectivity index (χ0n) is 12.7. The molecule has 120 valence electrons. The summed E-state index contributed by atoms with van der Waals surface area (Å²) in [7, 11) is 2.15. The molecule has 1 fully saturated rings. The van der Waals surface area contributed by atoms with Crippen molar-refractivity contribution in [2.45, 2.75) is 25.9 Å². The molecule has 22 heavy (non-hydrogen) atoms. The summed E-state index contributed by atoms with van der Waals surface area (Å²) < 4.78 is 5.54. The molecule has 0 spiro atoms. The maximum atomic E-state index is 12.0. The van der Waals surface area contributed by atoms with Gasteiger partial charge < -0.3 is 9.64 Å². The number of carbonyl (C=O) groups excluding carboxylic acids is 1. The number of carbonyl (C=O) groups is 1. The van der Waals surface area contributed by atoms with Crippen LogP contribution in [0.3, 0.4) is 0 Å². The fourth-order valence-corrected chi connectivity index (χ4v) is 2.57. The standard InChI is InChI=1S/C15H19Cl2N3O2/c1-10(22-14-4-3-11(16)9-13(14)17)15(21)19-18-12-5-7-20(2)8-6-12/h3-4,9-10H,5-8H2,1-2H3,(H,19,21)/p+1/t10-/m1/s1. The number of hydrogen-bond acceptors (Lipinski definition) is 3. The third-order valence-electron chi connectivity index (χ3n) is 3.57. The van der Waals surface area contributed by atoms with E-state index in [0.29, 0.717) is 15.8 Å². The highest BCUT2D eigenvalue weighted by atomic mass is 35.5. The number of nitrogens with one attached hydrogen (secondary N) is 2. The van der Waals surface area contributed by atoms with Gasteiger partial charge in [0.1, 0.15) is 5.75 Å². The van der Waals surface area contributed by atoms with Gasteiger partial charge in [-0.05, 0) is 25.1 Å². The summed E-state index contributed by atoms with van der Waals surface area (Å²) in [5.74, 6) is 0.119. The number of quaternary nitrogens is 1. The van der Waals surface area contributed by atoms with E-state index in [9.17, 15) is 4.79 Å². The van der Waals surface area contributed by atoms with Crippen molar-refractivity contribution in [2.75, 3.05) is 20.1 Å². The second kappa shape index (κ2) is 7.81. The topological polar surface area (TPSA) is 55.1 Å². The Morgan fingerprint density at radius 2 is 2.05 bits per heavy atom. The van der Waals surface area contributed by atoms with Crippen LogP contribution in [-0.4, -0.2) is 37.9 Å². The highest BCUT2D eigenvalue weighted by Crippen LogP contribution is 2.28. The SMILES string of the molecule is C[C@@H](Oc1ccc(Cl)cc1Cl)C(=O)NN=C1CC[NH+](C)CC1. The number of amides is 1. The summed E-state index contributed by atoms with van der Waals surface area (Å²) in [6, 6.07) is 4.87. The fraction of sp³-hybridized carbons (Fsp3) is 0.467. The summed E-state index contributed by atoms with van der Waals surface area (Å²) >= 11 is 11.8. The molecular weight excluding hydrogens is 325 g/mol. The van der Waals surface area contributed by atoms with E-state index in [2.05, 4.69) is 17.6 Å². The van der Waals surface area contributed by atoms with Crippen molar-refractivity contribution in [3.05, 3.63) is 28.2 Å². The smallest absolute Gasteiger partial charge is 0.280 e. The lowest BCUT2D eigenvalue weighted by atomic mass is 10.1. The minimum atomic E-state index is -0.695. The quantitative estimate of drug-likeness (QED) is 0.814. The van der Waals surface area contributed by atoms with Gasteiger partial charge >= 0.3 is 0 Å². The second-order valence-corrected chi connectivity index (χ2v) is 6.29. The third kappa shape index (κ3) is 4.87. The molecule has 0 aromatic heterocycles. The normalized spacial score (nSPS) is 19.5. The van der Waals surface area contributed by atoms with Gasteiger partial charge in [-0.2, -0.15) is 5.10 Å². The summed E-state index contributed by atoms with van der Waals surface area (Å²) in [5, 5.41) is 5.08. The Balaban J connectivity index is 1.88. The molecule has 0 radical (unpaired) electrons. The zero-order valence-corrected chi connectivity index (χ0v) is 14.2. The van der Waals surface area contributed by atoms with Crippen LogP contribution in [0.15, 0.2) is 23.3 Å². The number of benzene rings is 1. The van der Waals surface area contributed by atoms with Crippen molar-refractivity contribution >= 4 is 34.8 Å². The molecule has 0 bridgehead atoms. The Morgan fingerprint density at radius 1 is 1.36 bits per heavy atom. The maximum absolute atomic E-state index is 12.0. The van der Waals surface area contributed by atoms with Gasteiger partial charge in [-0.3, -0.25) is 4.79 Å². The minimum absolute atomic E-state index is 0.301. The Morgan fingerprint density at radius 3 is 2.68 bits per heavy atom. The van der Waals surface area contributed by atoms with Crippen molar-refractivity contribution < 1.29 is 14.4 Å². The van der Waals surface area contributed by atoms with E-state index in [1.807, 2.05) is 0 Å². The molecule has 1 heterocycles. The third-order valence-corrected chi connectivity index (χ3v) is 4.10. The van der Waals surface area contributed by atoms with Gasteiger partial charge in [0.15, 0.2) is 6.10 Å². The van der Waals surface area contributed by atoms with Crippen LogP contribution in [-0.2, 0) is 4.79 Å². The number of piperidine rings is 1. The zero-order chi connectivity index (χ0) is 16.1. The first kappa shape index (κ1) is 17.1. The van der Waals surface area contributed by atoms with E-state index in [4.69, 9.17) is 27.9 Å². The van der Waals surface area contributed by atoms with E-state index in [1.165, 1.54) is 4.90 Å². The summed E-state index contributed by atoms with van der Waals surface area (Å²) in [4.78, 5) is 13.5. The highest BCUT2D eigenvalue weighted by molar-refractivity contribution is 6.35. The lowest BCUT2D eigenvalue weighted by Crippen LogP contribution is -3.10. The summed E-state index contributed by atoms with van der Waals surface area (Å²) in [6.07, 6.45) is 1.12.